The van der Waals surface area contributed by atoms with Crippen LogP contribution in [0.1, 0.15) is 28.1 Å². The van der Waals surface area contributed by atoms with Crippen molar-refractivity contribution in [3.63, 3.8) is 0 Å². The number of thiophene rings is 1. The van der Waals surface area contributed by atoms with Gasteiger partial charge >= 0.3 is 0 Å². The lowest BCUT2D eigenvalue weighted by molar-refractivity contribution is 0.0960. The van der Waals surface area contributed by atoms with Crippen molar-refractivity contribution in [2.24, 2.45) is 0 Å². The number of carbonyl (C=O) groups excluding carboxylic acids is 1. The minimum Gasteiger partial charge on any atom is -0.495 e. The van der Waals surface area contributed by atoms with Crippen LogP contribution in [0.2, 0.25) is 5.02 Å². The first-order chi connectivity index (χ1) is 14.0. The molecule has 3 aromatic rings. The van der Waals surface area contributed by atoms with Gasteiger partial charge in [-0.05, 0) is 43.5 Å². The Bertz CT molecular complexity index is 1130. The molecule has 0 bridgehead atoms. The van der Waals surface area contributed by atoms with E-state index in [0.29, 0.717) is 43.7 Å². The van der Waals surface area contributed by atoms with Gasteiger partial charge < -0.3 is 14.8 Å². The zero-order chi connectivity index (χ0) is 20.5. The molecule has 2 aromatic heterocycles. The van der Waals surface area contributed by atoms with E-state index >= 15 is 0 Å². The maximum absolute atomic E-state index is 13.0. The van der Waals surface area contributed by atoms with E-state index in [-0.39, 0.29) is 17.6 Å². The molecule has 1 atom stereocenters. The van der Waals surface area contributed by atoms with Crippen LogP contribution in [-0.4, -0.2) is 35.3 Å². The number of fused-ring (bicyclic) bond motifs is 1. The van der Waals surface area contributed by atoms with Crippen LogP contribution in [0.15, 0.2) is 29.3 Å². The van der Waals surface area contributed by atoms with Crippen LogP contribution < -0.4 is 15.6 Å². The average Bonchev–Trinajstić information content (AvgIpc) is 3.32. The van der Waals surface area contributed by atoms with Crippen LogP contribution in [0.25, 0.3) is 10.2 Å². The quantitative estimate of drug-likeness (QED) is 0.660. The van der Waals surface area contributed by atoms with Gasteiger partial charge in [0.25, 0.3) is 11.5 Å². The molecular weight excluding hydrogens is 414 g/mol. The lowest BCUT2D eigenvalue weighted by Gasteiger charge is -2.11. The lowest BCUT2D eigenvalue weighted by atomic mass is 10.2. The minimum absolute atomic E-state index is 0.0314. The predicted octanol–water partition coefficient (Wildman–Crippen LogP) is 3.86. The lowest BCUT2D eigenvalue weighted by Crippen LogP contribution is -2.26. The van der Waals surface area contributed by atoms with Crippen molar-refractivity contribution in [1.82, 2.24) is 9.55 Å². The molecule has 1 saturated heterocycles. The number of hydrogen-bond acceptors (Lipinski definition) is 6. The molecular formula is C20H20ClN3O4S. The van der Waals surface area contributed by atoms with Crippen LogP contribution >= 0.6 is 22.9 Å². The molecule has 9 heteroatoms. The summed E-state index contributed by atoms with van der Waals surface area (Å²) < 4.78 is 12.5. The van der Waals surface area contributed by atoms with Crippen molar-refractivity contribution < 1.29 is 14.3 Å². The average molecular weight is 434 g/mol. The number of rotatable bonds is 5. The summed E-state index contributed by atoms with van der Waals surface area (Å²) in [6.45, 7) is 2.96. The molecule has 1 aliphatic heterocycles. The maximum Gasteiger partial charge on any atom is 0.266 e. The molecule has 3 heterocycles. The van der Waals surface area contributed by atoms with Gasteiger partial charge in [0.05, 0.1) is 42.0 Å². The van der Waals surface area contributed by atoms with E-state index < -0.39 is 0 Å². The zero-order valence-electron chi connectivity index (χ0n) is 16.0. The summed E-state index contributed by atoms with van der Waals surface area (Å²) in [6, 6.07) is 4.98. The molecule has 1 aliphatic rings. The van der Waals surface area contributed by atoms with Gasteiger partial charge in [0.1, 0.15) is 10.6 Å². The van der Waals surface area contributed by atoms with E-state index in [9.17, 15) is 9.59 Å². The molecule has 152 valence electrons. The standard InChI is InChI=1S/C20H20ClN3O4S/c1-11-16-19(22-10-24(20(16)26)9-13-4-3-7-28-13)29-17(11)18(25)23-14-8-12(21)5-6-15(14)27-2/h5-6,8,10,13H,3-4,7,9H2,1-2H3,(H,23,25). The number of carbonyl (C=O) groups is 1. The fourth-order valence-electron chi connectivity index (χ4n) is 3.47. The number of halogens is 1. The maximum atomic E-state index is 13.0. The molecule has 4 rings (SSSR count). The summed E-state index contributed by atoms with van der Waals surface area (Å²) in [5, 5.41) is 3.77. The van der Waals surface area contributed by atoms with Gasteiger partial charge in [-0.15, -0.1) is 11.3 Å². The summed E-state index contributed by atoms with van der Waals surface area (Å²) in [5.74, 6) is 0.162. The molecule has 1 fully saturated rings. The highest BCUT2D eigenvalue weighted by atomic mass is 35.5. The number of methoxy groups -OCH3 is 1. The Hall–Kier alpha value is -2.42. The molecule has 0 radical (unpaired) electrons. The number of nitrogens with zero attached hydrogens (tertiary/aromatic N) is 2. The van der Waals surface area contributed by atoms with Gasteiger partial charge in [-0.25, -0.2) is 4.98 Å². The normalized spacial score (nSPS) is 16.3. The second-order valence-electron chi connectivity index (χ2n) is 6.87. The first kappa shape index (κ1) is 19.9. The van der Waals surface area contributed by atoms with Crippen LogP contribution in [0.5, 0.6) is 5.75 Å². The van der Waals surface area contributed by atoms with Gasteiger partial charge in [-0.3, -0.25) is 14.2 Å². The van der Waals surface area contributed by atoms with Crippen LogP contribution in [0.3, 0.4) is 0 Å². The topological polar surface area (TPSA) is 82.4 Å². The van der Waals surface area contributed by atoms with Crippen LogP contribution in [0.4, 0.5) is 5.69 Å². The highest BCUT2D eigenvalue weighted by Crippen LogP contribution is 2.31. The van der Waals surface area contributed by atoms with Gasteiger partial charge in [-0.1, -0.05) is 11.6 Å². The van der Waals surface area contributed by atoms with Crippen LogP contribution in [-0.2, 0) is 11.3 Å². The summed E-state index contributed by atoms with van der Waals surface area (Å²) in [4.78, 5) is 31.3. The minimum atomic E-state index is -0.337. The Morgan fingerprint density at radius 3 is 3.03 bits per heavy atom. The number of hydrogen-bond donors (Lipinski definition) is 1. The third-order valence-electron chi connectivity index (χ3n) is 4.96. The molecule has 0 spiro atoms. The predicted molar refractivity (Wildman–Crippen MR) is 114 cm³/mol. The number of benzene rings is 1. The van der Waals surface area contributed by atoms with E-state index in [0.717, 1.165) is 19.4 Å². The number of aryl methyl sites for hydroxylation is 1. The number of aromatic nitrogens is 2. The fourth-order valence-corrected chi connectivity index (χ4v) is 4.68. The fraction of sp³-hybridized carbons (Fsp3) is 0.350. The number of anilines is 1. The Morgan fingerprint density at radius 2 is 2.31 bits per heavy atom. The third kappa shape index (κ3) is 3.88. The Morgan fingerprint density at radius 1 is 1.48 bits per heavy atom. The second-order valence-corrected chi connectivity index (χ2v) is 8.31. The summed E-state index contributed by atoms with van der Waals surface area (Å²) in [5.41, 5.74) is 0.923. The van der Waals surface area contributed by atoms with E-state index in [4.69, 9.17) is 21.1 Å². The Kier molecular flexibility index (Phi) is 5.58. The van der Waals surface area contributed by atoms with E-state index in [1.165, 1.54) is 24.8 Å². The highest BCUT2D eigenvalue weighted by Gasteiger charge is 2.22. The summed E-state index contributed by atoms with van der Waals surface area (Å²) in [6.07, 6.45) is 3.50. The van der Waals surface area contributed by atoms with Crippen molar-refractivity contribution in [1.29, 1.82) is 0 Å². The number of ether oxygens (including phenoxy) is 2. The smallest absolute Gasteiger partial charge is 0.266 e. The SMILES string of the molecule is COc1ccc(Cl)cc1NC(=O)c1sc2ncn(CC3CCCO3)c(=O)c2c1C. The highest BCUT2D eigenvalue weighted by molar-refractivity contribution is 7.20. The molecule has 1 aromatic carbocycles. The molecule has 29 heavy (non-hydrogen) atoms. The van der Waals surface area contributed by atoms with Crippen molar-refractivity contribution in [2.75, 3.05) is 19.0 Å². The summed E-state index contributed by atoms with van der Waals surface area (Å²) in [7, 11) is 1.52. The van der Waals surface area contributed by atoms with Crippen molar-refractivity contribution in [3.8, 4) is 5.75 Å². The third-order valence-corrected chi connectivity index (χ3v) is 6.39. The van der Waals surface area contributed by atoms with Gasteiger partial charge in [0, 0.05) is 11.6 Å². The molecule has 0 saturated carbocycles. The van der Waals surface area contributed by atoms with E-state index in [1.807, 2.05) is 0 Å². The number of nitrogens with one attached hydrogen (secondary N) is 1. The van der Waals surface area contributed by atoms with Crippen molar-refractivity contribution in [3.05, 3.63) is 50.3 Å². The first-order valence-corrected chi connectivity index (χ1v) is 10.4. The van der Waals surface area contributed by atoms with E-state index in [2.05, 4.69) is 10.3 Å². The Labute approximate surface area is 176 Å². The van der Waals surface area contributed by atoms with Gasteiger partial charge in [0.2, 0.25) is 0 Å². The molecule has 1 unspecified atom stereocenters. The largest absolute Gasteiger partial charge is 0.495 e. The molecule has 1 N–H and O–H groups in total. The van der Waals surface area contributed by atoms with Gasteiger partial charge in [0.15, 0.2) is 0 Å². The second kappa shape index (κ2) is 8.14. The number of amides is 1. The van der Waals surface area contributed by atoms with E-state index in [1.54, 1.807) is 29.7 Å². The molecule has 1 amide bonds. The Balaban J connectivity index is 1.67. The molecule has 0 aliphatic carbocycles. The van der Waals surface area contributed by atoms with Gasteiger partial charge in [-0.2, -0.15) is 0 Å². The van der Waals surface area contributed by atoms with Crippen LogP contribution in [0, 0.1) is 6.92 Å². The monoisotopic (exact) mass is 433 g/mol. The van der Waals surface area contributed by atoms with Crippen molar-refractivity contribution >= 4 is 44.7 Å². The zero-order valence-corrected chi connectivity index (χ0v) is 17.6. The first-order valence-electron chi connectivity index (χ1n) is 9.23. The summed E-state index contributed by atoms with van der Waals surface area (Å²) >= 11 is 7.23. The van der Waals surface area contributed by atoms with Crippen molar-refractivity contribution in [2.45, 2.75) is 32.4 Å². The molecule has 7 nitrogen and oxygen atoms in total.